The molecule has 0 bridgehead atoms. The van der Waals surface area contributed by atoms with Gasteiger partial charge in [0.2, 0.25) is 0 Å². The first-order valence-electron chi connectivity index (χ1n) is 7.29. The molecule has 0 aliphatic carbocycles. The van der Waals surface area contributed by atoms with Crippen molar-refractivity contribution in [2.75, 3.05) is 11.4 Å². The summed E-state index contributed by atoms with van der Waals surface area (Å²) in [7, 11) is 0. The van der Waals surface area contributed by atoms with Crippen LogP contribution in [0, 0.1) is 0 Å². The summed E-state index contributed by atoms with van der Waals surface area (Å²) in [5.41, 5.74) is 0.544. The van der Waals surface area contributed by atoms with Crippen LogP contribution in [0.3, 0.4) is 0 Å². The first-order chi connectivity index (χ1) is 11.9. The molecule has 1 amide bonds. The lowest BCUT2D eigenvalue weighted by atomic mass is 10.1. The predicted molar refractivity (Wildman–Crippen MR) is 84.5 cm³/mol. The lowest BCUT2D eigenvalue weighted by Gasteiger charge is -2.35. The first kappa shape index (κ1) is 17.3. The number of ether oxygens (including phenoxy) is 1. The predicted octanol–water partition coefficient (Wildman–Crippen LogP) is -0.119. The zero-order chi connectivity index (χ0) is 18.1. The summed E-state index contributed by atoms with van der Waals surface area (Å²) >= 11 is 5.80. The van der Waals surface area contributed by atoms with Crippen molar-refractivity contribution < 1.29 is 24.5 Å². The Balaban J connectivity index is 1.88. The van der Waals surface area contributed by atoms with Crippen molar-refractivity contribution in [3.8, 4) is 5.69 Å². The van der Waals surface area contributed by atoms with Crippen LogP contribution in [-0.2, 0) is 14.3 Å². The van der Waals surface area contributed by atoms with Gasteiger partial charge in [0.1, 0.15) is 0 Å². The molecule has 1 unspecified atom stereocenters. The number of carbonyl (C=O) groups is 2. The monoisotopic (exact) mass is 367 g/mol. The number of carboxylic acids is 1. The highest BCUT2D eigenvalue weighted by molar-refractivity contribution is 6.29. The zero-order valence-electron chi connectivity index (χ0n) is 13.0. The fraction of sp³-hybridized carbons (Fsp3) is 0.357. The van der Waals surface area contributed by atoms with Crippen LogP contribution >= 0.6 is 11.6 Å². The summed E-state index contributed by atoms with van der Waals surface area (Å²) in [5, 5.41) is 30.4. The molecule has 1 aliphatic rings. The van der Waals surface area contributed by atoms with Gasteiger partial charge >= 0.3 is 5.97 Å². The first-order valence-corrected chi connectivity index (χ1v) is 7.66. The molecule has 1 aliphatic heterocycles. The van der Waals surface area contributed by atoms with Crippen molar-refractivity contribution >= 4 is 29.3 Å². The van der Waals surface area contributed by atoms with E-state index < -0.39 is 30.2 Å². The number of carboxylic acid groups (broad SMARTS) is 1. The van der Waals surface area contributed by atoms with Gasteiger partial charge in [-0.25, -0.2) is 9.48 Å². The van der Waals surface area contributed by atoms with Gasteiger partial charge in [0.05, 0.1) is 24.5 Å². The van der Waals surface area contributed by atoms with Crippen LogP contribution < -0.4 is 4.90 Å². The largest absolute Gasteiger partial charge is 0.479 e. The number of carbonyl (C=O) groups excluding carboxylic acids is 1. The zero-order valence-corrected chi connectivity index (χ0v) is 13.7. The second-order valence-electron chi connectivity index (χ2n) is 5.45. The average molecular weight is 368 g/mol. The Morgan fingerprint density at radius 2 is 2.28 bits per heavy atom. The van der Waals surface area contributed by atoms with Crippen molar-refractivity contribution in [1.29, 1.82) is 0 Å². The van der Waals surface area contributed by atoms with E-state index in [9.17, 15) is 14.7 Å². The molecule has 3 heterocycles. The van der Waals surface area contributed by atoms with E-state index in [2.05, 4.69) is 15.3 Å². The lowest BCUT2D eigenvalue weighted by molar-refractivity contribution is -0.168. The smallest absolute Gasteiger partial charge is 0.335 e. The number of nitrogens with zero attached hydrogens (tertiary/aromatic N) is 5. The Labute approximate surface area is 146 Å². The summed E-state index contributed by atoms with van der Waals surface area (Å²) in [5.74, 6) is -1.92. The third kappa shape index (κ3) is 3.45. The van der Waals surface area contributed by atoms with Gasteiger partial charge in [-0.15, -0.1) is 10.2 Å². The van der Waals surface area contributed by atoms with Gasteiger partial charge in [0.25, 0.3) is 5.91 Å². The van der Waals surface area contributed by atoms with Gasteiger partial charge in [0.15, 0.2) is 23.2 Å². The van der Waals surface area contributed by atoms with Crippen LogP contribution in [0.2, 0.25) is 5.15 Å². The van der Waals surface area contributed by atoms with Crippen LogP contribution in [0.15, 0.2) is 24.5 Å². The van der Waals surface area contributed by atoms with E-state index in [4.69, 9.17) is 21.4 Å². The third-order valence-corrected chi connectivity index (χ3v) is 3.78. The molecule has 2 aromatic rings. The van der Waals surface area contributed by atoms with Gasteiger partial charge < -0.3 is 14.9 Å². The number of hydrogen-bond acceptors (Lipinski definition) is 7. The van der Waals surface area contributed by atoms with E-state index in [0.29, 0.717) is 5.69 Å². The fourth-order valence-corrected chi connectivity index (χ4v) is 2.61. The molecular formula is C14H14ClN5O5. The number of aliphatic hydroxyl groups excluding tert-OH is 1. The number of amides is 1. The average Bonchev–Trinajstić information content (AvgIpc) is 3.05. The number of aliphatic carboxylic acids is 1. The molecule has 3 atom stereocenters. The molecule has 0 spiro atoms. The standard InChI is InChI=1S/C14H14ClN5O5/c1-7-6-19(13(22)12(25-7)11(21)14(23)24)10-2-3-20(18-10)8-4-9(15)17-16-5-8/h2-5,7,11-12,21H,6H2,1H3,(H,23,24)/t7-,11?,12+/m0/s1. The topological polar surface area (TPSA) is 131 Å². The van der Waals surface area contributed by atoms with Crippen LogP contribution in [-0.4, -0.2) is 66.9 Å². The van der Waals surface area contributed by atoms with Crippen LogP contribution in [0.4, 0.5) is 5.82 Å². The Morgan fingerprint density at radius 3 is 2.96 bits per heavy atom. The van der Waals surface area contributed by atoms with Crippen molar-refractivity contribution in [2.24, 2.45) is 0 Å². The van der Waals surface area contributed by atoms with Gasteiger partial charge in [-0.1, -0.05) is 11.6 Å². The Kier molecular flexibility index (Phi) is 4.66. The van der Waals surface area contributed by atoms with Crippen molar-refractivity contribution in [3.63, 3.8) is 0 Å². The number of halogens is 1. The summed E-state index contributed by atoms with van der Waals surface area (Å²) < 4.78 is 6.74. The highest BCUT2D eigenvalue weighted by Gasteiger charge is 2.42. The minimum absolute atomic E-state index is 0.175. The summed E-state index contributed by atoms with van der Waals surface area (Å²) in [6, 6.07) is 3.13. The van der Waals surface area contributed by atoms with Gasteiger partial charge in [-0.05, 0) is 6.92 Å². The maximum absolute atomic E-state index is 12.5. The van der Waals surface area contributed by atoms with Crippen LogP contribution in [0.1, 0.15) is 6.92 Å². The Morgan fingerprint density at radius 1 is 1.52 bits per heavy atom. The van der Waals surface area contributed by atoms with E-state index in [1.54, 1.807) is 25.3 Å². The molecule has 0 radical (unpaired) electrons. The molecule has 10 nitrogen and oxygen atoms in total. The van der Waals surface area contributed by atoms with E-state index in [-0.39, 0.29) is 17.5 Å². The maximum Gasteiger partial charge on any atom is 0.335 e. The van der Waals surface area contributed by atoms with E-state index >= 15 is 0 Å². The SMILES string of the molecule is C[C@H]1CN(c2ccn(-c3cnnc(Cl)c3)n2)C(=O)[C@@H](C(O)C(=O)O)O1. The molecule has 2 aromatic heterocycles. The number of aromatic nitrogens is 4. The fourth-order valence-electron chi connectivity index (χ4n) is 2.46. The minimum Gasteiger partial charge on any atom is -0.479 e. The number of rotatable bonds is 4. The van der Waals surface area contributed by atoms with Gasteiger partial charge in [-0.2, -0.15) is 5.10 Å². The van der Waals surface area contributed by atoms with E-state index in [0.717, 1.165) is 0 Å². The normalized spacial score (nSPS) is 22.0. The molecule has 0 aromatic carbocycles. The molecule has 0 saturated carbocycles. The molecular weight excluding hydrogens is 354 g/mol. The van der Waals surface area contributed by atoms with Gasteiger partial charge in [-0.3, -0.25) is 9.69 Å². The second kappa shape index (κ2) is 6.75. The van der Waals surface area contributed by atoms with Crippen LogP contribution in [0.25, 0.3) is 5.69 Å². The summed E-state index contributed by atoms with van der Waals surface area (Å²) in [4.78, 5) is 24.7. The number of aliphatic hydroxyl groups is 1. The Bertz CT molecular complexity index is 812. The summed E-state index contributed by atoms with van der Waals surface area (Å²) in [6.45, 7) is 1.85. The van der Waals surface area contributed by atoms with Crippen molar-refractivity contribution in [3.05, 3.63) is 29.7 Å². The van der Waals surface area contributed by atoms with Crippen molar-refractivity contribution in [1.82, 2.24) is 20.0 Å². The minimum atomic E-state index is -1.96. The Hall–Kier alpha value is -2.56. The highest BCUT2D eigenvalue weighted by Crippen LogP contribution is 2.22. The van der Waals surface area contributed by atoms with Crippen molar-refractivity contribution in [2.45, 2.75) is 25.2 Å². The molecule has 132 valence electrons. The van der Waals surface area contributed by atoms with Crippen LogP contribution in [0.5, 0.6) is 0 Å². The number of morpholine rings is 1. The molecule has 11 heteroatoms. The number of hydrogen-bond donors (Lipinski definition) is 2. The molecule has 2 N–H and O–H groups in total. The van der Waals surface area contributed by atoms with Gasteiger partial charge in [0, 0.05) is 18.3 Å². The molecule has 3 rings (SSSR count). The third-order valence-electron chi connectivity index (χ3n) is 3.59. The van der Waals surface area contributed by atoms with E-state index in [1.165, 1.54) is 15.8 Å². The molecule has 1 fully saturated rings. The highest BCUT2D eigenvalue weighted by atomic mass is 35.5. The summed E-state index contributed by atoms with van der Waals surface area (Å²) in [6.07, 6.45) is -0.882. The second-order valence-corrected chi connectivity index (χ2v) is 5.84. The molecule has 1 saturated heterocycles. The van der Waals surface area contributed by atoms with E-state index in [1.807, 2.05) is 0 Å². The maximum atomic E-state index is 12.5. The lowest BCUT2D eigenvalue weighted by Crippen LogP contribution is -2.57. The number of anilines is 1. The molecule has 25 heavy (non-hydrogen) atoms. The quantitative estimate of drug-likeness (QED) is 0.764.